The van der Waals surface area contributed by atoms with Crippen molar-refractivity contribution < 1.29 is 4.79 Å². The predicted molar refractivity (Wildman–Crippen MR) is 110 cm³/mol. The number of rotatable bonds is 7. The van der Waals surface area contributed by atoms with Crippen LogP contribution < -0.4 is 5.32 Å². The highest BCUT2D eigenvalue weighted by Gasteiger charge is 2.30. The quantitative estimate of drug-likeness (QED) is 0.584. The van der Waals surface area contributed by atoms with Gasteiger partial charge < -0.3 is 5.32 Å². The summed E-state index contributed by atoms with van der Waals surface area (Å²) in [6.07, 6.45) is 5.75. The summed E-state index contributed by atoms with van der Waals surface area (Å²) in [6.45, 7) is 1.96. The number of amides is 1. The number of benzene rings is 1. The molecule has 2 heterocycles. The van der Waals surface area contributed by atoms with Gasteiger partial charge in [0.25, 0.3) is 0 Å². The lowest BCUT2D eigenvalue weighted by molar-refractivity contribution is -0.119. The van der Waals surface area contributed by atoms with Gasteiger partial charge in [-0.1, -0.05) is 35.5 Å². The van der Waals surface area contributed by atoms with Crippen molar-refractivity contribution >= 4 is 29.3 Å². The molecule has 0 spiro atoms. The number of halogens is 1. The Morgan fingerprint density at radius 2 is 2.07 bits per heavy atom. The smallest absolute Gasteiger partial charge is 0.230 e. The lowest BCUT2D eigenvalue weighted by Gasteiger charge is -2.14. The van der Waals surface area contributed by atoms with Crippen molar-refractivity contribution in [3.05, 3.63) is 59.4 Å². The first-order chi connectivity index (χ1) is 13.6. The van der Waals surface area contributed by atoms with E-state index in [0.717, 1.165) is 34.9 Å². The van der Waals surface area contributed by atoms with Gasteiger partial charge in [0.1, 0.15) is 0 Å². The zero-order valence-electron chi connectivity index (χ0n) is 15.4. The van der Waals surface area contributed by atoms with Gasteiger partial charge in [-0.2, -0.15) is 0 Å². The second kappa shape index (κ2) is 8.32. The van der Waals surface area contributed by atoms with Gasteiger partial charge in [-0.15, -0.1) is 10.2 Å². The number of nitrogens with one attached hydrogen (secondary N) is 1. The summed E-state index contributed by atoms with van der Waals surface area (Å²) >= 11 is 7.34. The third-order valence-electron chi connectivity index (χ3n) is 4.58. The number of thioether (sulfide) groups is 1. The summed E-state index contributed by atoms with van der Waals surface area (Å²) < 4.78 is 2.14. The lowest BCUT2D eigenvalue weighted by atomic mass is 10.1. The van der Waals surface area contributed by atoms with Crippen LogP contribution in [-0.4, -0.2) is 31.4 Å². The van der Waals surface area contributed by atoms with Gasteiger partial charge >= 0.3 is 0 Å². The molecular formula is C20H20ClN5OS. The average molecular weight is 414 g/mol. The Morgan fingerprint density at radius 3 is 2.75 bits per heavy atom. The molecule has 0 bridgehead atoms. The number of nitrogens with zero attached hydrogens (tertiary/aromatic N) is 4. The van der Waals surface area contributed by atoms with E-state index in [0.29, 0.717) is 11.1 Å². The Labute approximate surface area is 172 Å². The Hall–Kier alpha value is -2.38. The lowest BCUT2D eigenvalue weighted by Crippen LogP contribution is -2.28. The maximum atomic E-state index is 12.4. The van der Waals surface area contributed by atoms with Crippen LogP contribution in [0.3, 0.4) is 0 Å². The molecule has 144 valence electrons. The molecule has 6 nitrogen and oxygen atoms in total. The molecule has 0 radical (unpaired) electrons. The van der Waals surface area contributed by atoms with E-state index < -0.39 is 0 Å². The second-order valence-electron chi connectivity index (χ2n) is 6.78. The molecule has 1 aliphatic rings. The number of pyridine rings is 1. The highest BCUT2D eigenvalue weighted by atomic mass is 35.5. The highest BCUT2D eigenvalue weighted by Crippen LogP contribution is 2.40. The van der Waals surface area contributed by atoms with Crippen LogP contribution in [0.15, 0.2) is 53.9 Å². The van der Waals surface area contributed by atoms with Gasteiger partial charge in [-0.05, 0) is 49.6 Å². The second-order valence-corrected chi connectivity index (χ2v) is 8.16. The van der Waals surface area contributed by atoms with Crippen LogP contribution in [0.4, 0.5) is 0 Å². The first-order valence-corrected chi connectivity index (χ1v) is 10.5. The summed E-state index contributed by atoms with van der Waals surface area (Å²) in [7, 11) is 0. The van der Waals surface area contributed by atoms with E-state index in [2.05, 4.69) is 25.1 Å². The van der Waals surface area contributed by atoms with Crippen molar-refractivity contribution in [2.75, 3.05) is 5.75 Å². The molecule has 1 aliphatic carbocycles. The maximum absolute atomic E-state index is 12.4. The van der Waals surface area contributed by atoms with E-state index in [9.17, 15) is 4.79 Å². The van der Waals surface area contributed by atoms with E-state index in [1.807, 2.05) is 43.3 Å². The number of hydrogen-bond acceptors (Lipinski definition) is 5. The van der Waals surface area contributed by atoms with E-state index in [1.54, 1.807) is 12.4 Å². The summed E-state index contributed by atoms with van der Waals surface area (Å²) in [5.74, 6) is 1.06. The van der Waals surface area contributed by atoms with Crippen molar-refractivity contribution in [2.45, 2.75) is 37.0 Å². The highest BCUT2D eigenvalue weighted by molar-refractivity contribution is 7.99. The number of carbonyl (C=O) groups excluding carboxylic acids is 1. The van der Waals surface area contributed by atoms with E-state index in [4.69, 9.17) is 11.6 Å². The zero-order valence-corrected chi connectivity index (χ0v) is 17.0. The van der Waals surface area contributed by atoms with Crippen molar-refractivity contribution in [2.24, 2.45) is 0 Å². The molecular weight excluding hydrogens is 394 g/mol. The van der Waals surface area contributed by atoms with Crippen LogP contribution in [0.25, 0.3) is 11.4 Å². The standard InChI is InChI=1S/C20H20ClN5OS/c1-13(14-4-6-16(21)7-5-14)23-18(27)12-28-20-25-24-19(26(20)17-8-9-17)15-3-2-10-22-11-15/h2-7,10-11,13,17H,8-9,12H2,1H3,(H,23,27)/t13-/m1/s1. The average Bonchev–Trinajstić information content (AvgIpc) is 3.46. The van der Waals surface area contributed by atoms with E-state index in [1.165, 1.54) is 11.8 Å². The Balaban J connectivity index is 1.41. The van der Waals surface area contributed by atoms with Crippen molar-refractivity contribution in [1.82, 2.24) is 25.1 Å². The molecule has 3 aromatic rings. The molecule has 2 aromatic heterocycles. The first kappa shape index (κ1) is 19.0. The van der Waals surface area contributed by atoms with Gasteiger partial charge in [0.05, 0.1) is 11.8 Å². The maximum Gasteiger partial charge on any atom is 0.230 e. The number of carbonyl (C=O) groups is 1. The molecule has 0 aliphatic heterocycles. The zero-order chi connectivity index (χ0) is 19.5. The molecule has 0 unspecified atom stereocenters. The minimum absolute atomic E-state index is 0.0410. The van der Waals surface area contributed by atoms with Crippen molar-refractivity contribution in [3.63, 3.8) is 0 Å². The topological polar surface area (TPSA) is 72.7 Å². The van der Waals surface area contributed by atoms with Crippen LogP contribution in [0.2, 0.25) is 5.02 Å². The number of hydrogen-bond donors (Lipinski definition) is 1. The molecule has 1 saturated carbocycles. The molecule has 0 saturated heterocycles. The minimum Gasteiger partial charge on any atom is -0.349 e. The van der Waals surface area contributed by atoms with E-state index >= 15 is 0 Å². The van der Waals surface area contributed by atoms with Gasteiger partial charge in [-0.3, -0.25) is 14.3 Å². The predicted octanol–water partition coefficient (Wildman–Crippen LogP) is 4.30. The molecule has 28 heavy (non-hydrogen) atoms. The molecule has 1 N–H and O–H groups in total. The van der Waals surface area contributed by atoms with Crippen molar-refractivity contribution in [3.8, 4) is 11.4 Å². The molecule has 1 fully saturated rings. The van der Waals surface area contributed by atoms with Crippen LogP contribution in [-0.2, 0) is 4.79 Å². The Kier molecular flexibility index (Phi) is 5.64. The van der Waals surface area contributed by atoms with Crippen LogP contribution in [0, 0.1) is 0 Å². The third-order valence-corrected chi connectivity index (χ3v) is 5.77. The molecule has 1 atom stereocenters. The Morgan fingerprint density at radius 1 is 1.29 bits per heavy atom. The SMILES string of the molecule is C[C@@H](NC(=O)CSc1nnc(-c2cccnc2)n1C1CC1)c1ccc(Cl)cc1. The third kappa shape index (κ3) is 4.36. The first-order valence-electron chi connectivity index (χ1n) is 9.15. The van der Waals surface area contributed by atoms with Crippen molar-refractivity contribution in [1.29, 1.82) is 0 Å². The van der Waals surface area contributed by atoms with Crippen LogP contribution >= 0.6 is 23.4 Å². The fourth-order valence-corrected chi connectivity index (χ4v) is 3.92. The fourth-order valence-electron chi connectivity index (χ4n) is 2.98. The van der Waals surface area contributed by atoms with Crippen LogP contribution in [0.5, 0.6) is 0 Å². The number of aromatic nitrogens is 4. The largest absolute Gasteiger partial charge is 0.349 e. The summed E-state index contributed by atoms with van der Waals surface area (Å²) in [6, 6.07) is 11.7. The molecule has 4 rings (SSSR count). The molecule has 1 amide bonds. The summed E-state index contributed by atoms with van der Waals surface area (Å²) in [5, 5.41) is 13.2. The minimum atomic E-state index is -0.0855. The normalized spacial score (nSPS) is 14.6. The molecule has 1 aromatic carbocycles. The van der Waals surface area contributed by atoms with Gasteiger partial charge in [0.2, 0.25) is 5.91 Å². The monoisotopic (exact) mass is 413 g/mol. The van der Waals surface area contributed by atoms with Gasteiger partial charge in [-0.25, -0.2) is 0 Å². The molecule has 8 heteroatoms. The van der Waals surface area contributed by atoms with Crippen LogP contribution in [0.1, 0.15) is 37.4 Å². The fraction of sp³-hybridized carbons (Fsp3) is 0.300. The Bertz CT molecular complexity index is 956. The summed E-state index contributed by atoms with van der Waals surface area (Å²) in [4.78, 5) is 16.6. The van der Waals surface area contributed by atoms with Gasteiger partial charge in [0, 0.05) is 29.0 Å². The summed E-state index contributed by atoms with van der Waals surface area (Å²) in [5.41, 5.74) is 1.96. The van der Waals surface area contributed by atoms with E-state index in [-0.39, 0.29) is 17.7 Å². The van der Waals surface area contributed by atoms with Gasteiger partial charge in [0.15, 0.2) is 11.0 Å².